The van der Waals surface area contributed by atoms with Gasteiger partial charge in [-0.05, 0) is 31.9 Å². The fourth-order valence-electron chi connectivity index (χ4n) is 1.60. The first-order valence-electron chi connectivity index (χ1n) is 5.77. The Morgan fingerprint density at radius 3 is 2.62 bits per heavy atom. The number of amides is 1. The normalized spacial score (nSPS) is 12.3. The van der Waals surface area contributed by atoms with Crippen LogP contribution in [0.3, 0.4) is 0 Å². The molecule has 1 aromatic carbocycles. The highest BCUT2D eigenvalue weighted by molar-refractivity contribution is 5.73. The van der Waals surface area contributed by atoms with E-state index in [9.17, 15) is 4.79 Å². The monoisotopic (exact) mass is 220 g/mol. The second kappa shape index (κ2) is 7.01. The minimum absolute atomic E-state index is 0.212. The van der Waals surface area contributed by atoms with E-state index in [-0.39, 0.29) is 5.91 Å². The third-order valence-electron chi connectivity index (χ3n) is 2.60. The van der Waals surface area contributed by atoms with Crippen LogP contribution in [0.2, 0.25) is 0 Å². The average Bonchev–Trinajstić information content (AvgIpc) is 2.29. The van der Waals surface area contributed by atoms with Crippen molar-refractivity contribution in [3.63, 3.8) is 0 Å². The summed E-state index contributed by atoms with van der Waals surface area (Å²) in [7, 11) is 0. The van der Waals surface area contributed by atoms with Crippen LogP contribution in [-0.4, -0.2) is 12.5 Å². The van der Waals surface area contributed by atoms with Gasteiger partial charge in [0, 0.05) is 12.5 Å². The summed E-state index contributed by atoms with van der Waals surface area (Å²) in [5.41, 5.74) is 6.36. The van der Waals surface area contributed by atoms with Gasteiger partial charge in [0.25, 0.3) is 0 Å². The summed E-state index contributed by atoms with van der Waals surface area (Å²) in [5.74, 6) is -0.212. The molecule has 1 rings (SSSR count). The molecule has 0 saturated carbocycles. The Hall–Kier alpha value is -1.35. The number of primary amides is 1. The van der Waals surface area contributed by atoms with Gasteiger partial charge in [-0.15, -0.1) is 0 Å². The Labute approximate surface area is 97.0 Å². The second-order valence-electron chi connectivity index (χ2n) is 4.01. The molecule has 3 heteroatoms. The number of carbonyl (C=O) groups is 1. The molecule has 16 heavy (non-hydrogen) atoms. The van der Waals surface area contributed by atoms with E-state index in [4.69, 9.17) is 5.73 Å². The lowest BCUT2D eigenvalue weighted by atomic mass is 10.1. The van der Waals surface area contributed by atoms with E-state index in [0.717, 1.165) is 19.4 Å². The minimum Gasteiger partial charge on any atom is -0.370 e. The van der Waals surface area contributed by atoms with Gasteiger partial charge in [-0.25, -0.2) is 0 Å². The minimum atomic E-state index is -0.212. The fourth-order valence-corrected chi connectivity index (χ4v) is 1.60. The Morgan fingerprint density at radius 2 is 2.00 bits per heavy atom. The van der Waals surface area contributed by atoms with E-state index in [2.05, 4.69) is 24.4 Å². The van der Waals surface area contributed by atoms with Crippen molar-refractivity contribution < 1.29 is 4.79 Å². The van der Waals surface area contributed by atoms with Gasteiger partial charge in [0.2, 0.25) is 5.91 Å². The zero-order valence-electron chi connectivity index (χ0n) is 9.78. The van der Waals surface area contributed by atoms with Gasteiger partial charge in [-0.2, -0.15) is 0 Å². The van der Waals surface area contributed by atoms with Gasteiger partial charge in [-0.3, -0.25) is 4.79 Å². The summed E-state index contributed by atoms with van der Waals surface area (Å²) in [5, 5.41) is 3.42. The SMILES string of the molecule is CC(NCCCCC(N)=O)c1ccccc1. The molecule has 0 saturated heterocycles. The Morgan fingerprint density at radius 1 is 1.31 bits per heavy atom. The van der Waals surface area contributed by atoms with Crippen LogP contribution in [0, 0.1) is 0 Å². The molecule has 0 aliphatic carbocycles. The predicted octanol–water partition coefficient (Wildman–Crippen LogP) is 1.99. The highest BCUT2D eigenvalue weighted by Crippen LogP contribution is 2.10. The molecule has 0 heterocycles. The molecule has 0 aliphatic heterocycles. The predicted molar refractivity (Wildman–Crippen MR) is 65.9 cm³/mol. The zero-order valence-corrected chi connectivity index (χ0v) is 9.78. The summed E-state index contributed by atoms with van der Waals surface area (Å²) >= 11 is 0. The van der Waals surface area contributed by atoms with Gasteiger partial charge in [0.05, 0.1) is 0 Å². The smallest absolute Gasteiger partial charge is 0.217 e. The Bertz CT molecular complexity index is 311. The molecule has 1 aromatic rings. The summed E-state index contributed by atoms with van der Waals surface area (Å²) in [6, 6.07) is 10.7. The van der Waals surface area contributed by atoms with Crippen molar-refractivity contribution in [2.45, 2.75) is 32.2 Å². The Kier molecular flexibility index (Phi) is 5.57. The summed E-state index contributed by atoms with van der Waals surface area (Å²) < 4.78 is 0. The lowest BCUT2D eigenvalue weighted by molar-refractivity contribution is -0.118. The third kappa shape index (κ3) is 4.94. The van der Waals surface area contributed by atoms with Crippen LogP contribution in [0.15, 0.2) is 30.3 Å². The number of rotatable bonds is 7. The highest BCUT2D eigenvalue weighted by atomic mass is 16.1. The van der Waals surface area contributed by atoms with Gasteiger partial charge in [0.1, 0.15) is 0 Å². The van der Waals surface area contributed by atoms with E-state index in [0.29, 0.717) is 12.5 Å². The van der Waals surface area contributed by atoms with E-state index < -0.39 is 0 Å². The third-order valence-corrected chi connectivity index (χ3v) is 2.60. The molecule has 0 aliphatic rings. The molecule has 0 bridgehead atoms. The van der Waals surface area contributed by atoms with E-state index in [1.54, 1.807) is 0 Å². The summed E-state index contributed by atoms with van der Waals surface area (Å²) in [4.78, 5) is 10.5. The molecule has 1 amide bonds. The van der Waals surface area contributed by atoms with Gasteiger partial charge in [0.15, 0.2) is 0 Å². The molecule has 0 radical (unpaired) electrons. The number of benzene rings is 1. The van der Waals surface area contributed by atoms with Crippen LogP contribution in [0.4, 0.5) is 0 Å². The van der Waals surface area contributed by atoms with Crippen LogP contribution in [-0.2, 0) is 4.79 Å². The van der Waals surface area contributed by atoms with Gasteiger partial charge < -0.3 is 11.1 Å². The van der Waals surface area contributed by atoms with Crippen molar-refractivity contribution in [2.24, 2.45) is 5.73 Å². The van der Waals surface area contributed by atoms with Crippen molar-refractivity contribution in [2.75, 3.05) is 6.54 Å². The first-order chi connectivity index (χ1) is 7.70. The molecule has 0 fully saturated rings. The number of nitrogens with one attached hydrogen (secondary N) is 1. The first kappa shape index (κ1) is 12.7. The molecule has 0 aromatic heterocycles. The molecule has 88 valence electrons. The largest absolute Gasteiger partial charge is 0.370 e. The van der Waals surface area contributed by atoms with Crippen molar-refractivity contribution in [3.8, 4) is 0 Å². The second-order valence-corrected chi connectivity index (χ2v) is 4.01. The standard InChI is InChI=1S/C13H20N2O/c1-11(12-7-3-2-4-8-12)15-10-6-5-9-13(14)16/h2-4,7-8,11,15H,5-6,9-10H2,1H3,(H2,14,16). The maximum atomic E-state index is 10.5. The van der Waals surface area contributed by atoms with Crippen molar-refractivity contribution in [1.82, 2.24) is 5.32 Å². The first-order valence-corrected chi connectivity index (χ1v) is 5.77. The fraction of sp³-hybridized carbons (Fsp3) is 0.462. The summed E-state index contributed by atoms with van der Waals surface area (Å²) in [6.45, 7) is 3.06. The van der Waals surface area contributed by atoms with Crippen LogP contribution in [0.25, 0.3) is 0 Å². The zero-order chi connectivity index (χ0) is 11.8. The van der Waals surface area contributed by atoms with Crippen LogP contribution < -0.4 is 11.1 Å². The lowest BCUT2D eigenvalue weighted by Gasteiger charge is -2.13. The van der Waals surface area contributed by atoms with Gasteiger partial charge in [-0.1, -0.05) is 30.3 Å². The van der Waals surface area contributed by atoms with Crippen LogP contribution in [0.1, 0.15) is 37.8 Å². The lowest BCUT2D eigenvalue weighted by Crippen LogP contribution is -2.20. The van der Waals surface area contributed by atoms with Gasteiger partial charge >= 0.3 is 0 Å². The number of unbranched alkanes of at least 4 members (excludes halogenated alkanes) is 1. The molecule has 1 atom stereocenters. The quantitative estimate of drug-likeness (QED) is 0.690. The summed E-state index contributed by atoms with van der Waals surface area (Å²) in [6.07, 6.45) is 2.34. The van der Waals surface area contributed by atoms with Crippen molar-refractivity contribution in [1.29, 1.82) is 0 Å². The highest BCUT2D eigenvalue weighted by Gasteiger charge is 2.02. The van der Waals surface area contributed by atoms with Crippen molar-refractivity contribution in [3.05, 3.63) is 35.9 Å². The Balaban J connectivity index is 2.16. The van der Waals surface area contributed by atoms with Crippen LogP contribution in [0.5, 0.6) is 0 Å². The topological polar surface area (TPSA) is 55.1 Å². The number of nitrogens with two attached hydrogens (primary N) is 1. The van der Waals surface area contributed by atoms with Crippen LogP contribution >= 0.6 is 0 Å². The number of carbonyl (C=O) groups excluding carboxylic acids is 1. The maximum Gasteiger partial charge on any atom is 0.217 e. The van der Waals surface area contributed by atoms with E-state index in [1.807, 2.05) is 18.2 Å². The molecule has 0 spiro atoms. The molecular formula is C13H20N2O. The number of hydrogen-bond acceptors (Lipinski definition) is 2. The molecule has 1 unspecified atom stereocenters. The molecule has 3 nitrogen and oxygen atoms in total. The number of hydrogen-bond donors (Lipinski definition) is 2. The van der Waals surface area contributed by atoms with Crippen molar-refractivity contribution >= 4 is 5.91 Å². The maximum absolute atomic E-state index is 10.5. The molecular weight excluding hydrogens is 200 g/mol. The van der Waals surface area contributed by atoms with E-state index >= 15 is 0 Å². The average molecular weight is 220 g/mol. The van der Waals surface area contributed by atoms with E-state index in [1.165, 1.54) is 5.56 Å². The molecule has 3 N–H and O–H groups in total.